The lowest BCUT2D eigenvalue weighted by Crippen LogP contribution is -2.68. The summed E-state index contributed by atoms with van der Waals surface area (Å²) in [7, 11) is -1.35. The molecule has 0 spiro atoms. The van der Waals surface area contributed by atoms with E-state index in [4.69, 9.17) is 23.4 Å². The number of methoxy groups -OCH3 is 1. The van der Waals surface area contributed by atoms with E-state index in [1.807, 2.05) is 50.2 Å². The van der Waals surface area contributed by atoms with Gasteiger partial charge in [0.05, 0.1) is 13.2 Å². The molecule has 0 amide bonds. The second-order valence-electron chi connectivity index (χ2n) is 10.9. The number of benzene rings is 2. The summed E-state index contributed by atoms with van der Waals surface area (Å²) >= 11 is 0. The van der Waals surface area contributed by atoms with Gasteiger partial charge in [0.25, 0.3) is 8.32 Å². The van der Waals surface area contributed by atoms with Gasteiger partial charge >= 0.3 is 0 Å². The number of ether oxygens (including phenoxy) is 4. The number of hydrogen-bond donors (Lipinski definition) is 2. The van der Waals surface area contributed by atoms with Crippen LogP contribution in [0.15, 0.2) is 60.7 Å². The highest BCUT2D eigenvalue weighted by Crippen LogP contribution is 2.49. The van der Waals surface area contributed by atoms with Crippen LogP contribution in [0.4, 0.5) is 0 Å². The quantitative estimate of drug-likeness (QED) is 0.535. The van der Waals surface area contributed by atoms with Crippen molar-refractivity contribution in [3.63, 3.8) is 0 Å². The molecule has 2 heterocycles. The molecule has 7 nitrogen and oxygen atoms in total. The molecular weight excluding hydrogens is 464 g/mol. The minimum absolute atomic E-state index is 0.127. The summed E-state index contributed by atoms with van der Waals surface area (Å²) < 4.78 is 31.7. The van der Waals surface area contributed by atoms with Gasteiger partial charge in [0.15, 0.2) is 17.7 Å². The van der Waals surface area contributed by atoms with Gasteiger partial charge in [0, 0.05) is 7.11 Å². The molecule has 1 unspecified atom stereocenters. The van der Waals surface area contributed by atoms with Crippen LogP contribution in [0.25, 0.3) is 0 Å². The lowest BCUT2D eigenvalue weighted by Gasteiger charge is -2.45. The van der Waals surface area contributed by atoms with Gasteiger partial charge in [-0.05, 0) is 29.3 Å². The van der Waals surface area contributed by atoms with Crippen molar-refractivity contribution in [1.82, 2.24) is 0 Å². The zero-order valence-corrected chi connectivity index (χ0v) is 22.4. The van der Waals surface area contributed by atoms with E-state index < -0.39 is 50.9 Å². The number of hydrogen-bond acceptors (Lipinski definition) is 7. The summed E-state index contributed by atoms with van der Waals surface area (Å²) in [5.74, 6) is -0.951. The lowest BCUT2D eigenvalue weighted by molar-refractivity contribution is -0.265. The SMILES string of the molecule is COC1O[C@H]([C@H](O)CO)[C@@H]2OC(C)(C)O[C@]12CO[Si](c1ccccc1)(c1ccccc1)C(C)(C)C. The van der Waals surface area contributed by atoms with Gasteiger partial charge in [0.1, 0.15) is 18.3 Å². The molecule has 2 aliphatic rings. The molecule has 2 fully saturated rings. The molecule has 0 aliphatic carbocycles. The summed E-state index contributed by atoms with van der Waals surface area (Å²) in [4.78, 5) is 0. The largest absolute Gasteiger partial charge is 0.404 e. The molecule has 0 bridgehead atoms. The van der Waals surface area contributed by atoms with Crippen LogP contribution in [0.1, 0.15) is 34.6 Å². The van der Waals surface area contributed by atoms with Gasteiger partial charge in [-0.25, -0.2) is 0 Å². The van der Waals surface area contributed by atoms with Crippen LogP contribution in [0.2, 0.25) is 5.04 Å². The average Bonchev–Trinajstić information content (AvgIpc) is 3.26. The van der Waals surface area contributed by atoms with Gasteiger partial charge in [-0.1, -0.05) is 81.4 Å². The Balaban J connectivity index is 1.82. The molecule has 0 aromatic heterocycles. The molecule has 2 saturated heterocycles. The van der Waals surface area contributed by atoms with Crippen LogP contribution in [0.3, 0.4) is 0 Å². The third kappa shape index (κ3) is 4.51. The van der Waals surface area contributed by atoms with E-state index in [9.17, 15) is 10.2 Å². The van der Waals surface area contributed by atoms with Crippen molar-refractivity contribution < 1.29 is 33.6 Å². The number of aliphatic hydroxyl groups excluding tert-OH is 2. The molecule has 2 N–H and O–H groups in total. The Morgan fingerprint density at radius 1 is 1.00 bits per heavy atom. The minimum atomic E-state index is -2.89. The van der Waals surface area contributed by atoms with E-state index in [1.165, 1.54) is 7.11 Å². The van der Waals surface area contributed by atoms with Crippen LogP contribution in [0.5, 0.6) is 0 Å². The van der Waals surface area contributed by atoms with Crippen molar-refractivity contribution in [2.24, 2.45) is 0 Å². The summed E-state index contributed by atoms with van der Waals surface area (Å²) in [6.07, 6.45) is -3.51. The number of rotatable bonds is 8. The maximum atomic E-state index is 10.5. The number of fused-ring (bicyclic) bond motifs is 1. The van der Waals surface area contributed by atoms with Crippen molar-refractivity contribution in [1.29, 1.82) is 0 Å². The molecule has 2 aromatic rings. The van der Waals surface area contributed by atoms with Gasteiger partial charge in [-0.15, -0.1) is 0 Å². The maximum Gasteiger partial charge on any atom is 0.261 e. The van der Waals surface area contributed by atoms with E-state index in [0.717, 1.165) is 10.4 Å². The highest BCUT2D eigenvalue weighted by molar-refractivity contribution is 6.99. The van der Waals surface area contributed by atoms with Crippen LogP contribution < -0.4 is 10.4 Å². The molecule has 4 rings (SSSR count). The van der Waals surface area contributed by atoms with Crippen LogP contribution >= 0.6 is 0 Å². The Labute approximate surface area is 209 Å². The minimum Gasteiger partial charge on any atom is -0.404 e. The second kappa shape index (κ2) is 9.68. The van der Waals surface area contributed by atoms with Crippen LogP contribution in [-0.4, -0.2) is 74.8 Å². The van der Waals surface area contributed by atoms with Gasteiger partial charge in [-0.3, -0.25) is 0 Å². The zero-order chi connectivity index (χ0) is 25.5. The van der Waals surface area contributed by atoms with E-state index >= 15 is 0 Å². The Bertz CT molecular complexity index is 939. The zero-order valence-electron chi connectivity index (χ0n) is 21.4. The monoisotopic (exact) mass is 502 g/mol. The van der Waals surface area contributed by atoms with Crippen molar-refractivity contribution >= 4 is 18.7 Å². The fourth-order valence-electron chi connectivity index (χ4n) is 5.62. The van der Waals surface area contributed by atoms with E-state index in [0.29, 0.717) is 0 Å². The van der Waals surface area contributed by atoms with Crippen LogP contribution in [0, 0.1) is 0 Å². The molecule has 2 aliphatic heterocycles. The first kappa shape index (κ1) is 26.4. The lowest BCUT2D eigenvalue weighted by atomic mass is 9.94. The predicted molar refractivity (Wildman–Crippen MR) is 135 cm³/mol. The molecular formula is C27H38O7Si. The third-order valence-electron chi connectivity index (χ3n) is 7.02. The highest BCUT2D eigenvalue weighted by Gasteiger charge is 2.69. The topological polar surface area (TPSA) is 86.6 Å². The first-order valence-electron chi connectivity index (χ1n) is 12.1. The van der Waals surface area contributed by atoms with Gasteiger partial charge in [-0.2, -0.15) is 0 Å². The normalized spacial score (nSPS) is 29.2. The van der Waals surface area contributed by atoms with E-state index in [2.05, 4.69) is 45.0 Å². The molecule has 5 atom stereocenters. The Morgan fingerprint density at radius 2 is 1.54 bits per heavy atom. The molecule has 2 aromatic carbocycles. The van der Waals surface area contributed by atoms with Crippen molar-refractivity contribution in [2.45, 2.75) is 75.6 Å². The summed E-state index contributed by atoms with van der Waals surface area (Å²) in [5, 5.41) is 22.2. The maximum absolute atomic E-state index is 10.5. The van der Waals surface area contributed by atoms with Gasteiger partial charge < -0.3 is 33.6 Å². The highest BCUT2D eigenvalue weighted by atomic mass is 28.4. The van der Waals surface area contributed by atoms with Crippen LogP contribution in [-0.2, 0) is 23.4 Å². The summed E-state index contributed by atoms with van der Waals surface area (Å²) in [6.45, 7) is 9.94. The molecule has 0 radical (unpaired) electrons. The first-order chi connectivity index (χ1) is 16.5. The van der Waals surface area contributed by atoms with E-state index in [-0.39, 0.29) is 11.6 Å². The molecule has 0 saturated carbocycles. The first-order valence-corrected chi connectivity index (χ1v) is 14.0. The fraction of sp³-hybridized carbons (Fsp3) is 0.556. The Hall–Kier alpha value is -1.62. The predicted octanol–water partition coefficient (Wildman–Crippen LogP) is 2.18. The second-order valence-corrected chi connectivity index (χ2v) is 15.2. The van der Waals surface area contributed by atoms with E-state index in [1.54, 1.807) is 0 Å². The average molecular weight is 503 g/mol. The van der Waals surface area contributed by atoms with Crippen molar-refractivity contribution in [2.75, 3.05) is 20.3 Å². The van der Waals surface area contributed by atoms with Gasteiger partial charge in [0.2, 0.25) is 0 Å². The van der Waals surface area contributed by atoms with Crippen molar-refractivity contribution in [3.05, 3.63) is 60.7 Å². The number of aliphatic hydroxyl groups is 2. The molecule has 192 valence electrons. The summed E-state index contributed by atoms with van der Waals surface area (Å²) in [6, 6.07) is 20.7. The standard InChI is InChI=1S/C27H38O7Si/c1-25(2,3)35(19-13-9-7-10-14-19,20-15-11-8-12-16-20)31-18-27-23(33-26(4,5)34-27)22(21(29)17-28)32-24(27)30-6/h7-16,21-24,28-29H,17-18H2,1-6H3/t21-,22-,23+,24?,27+/m1/s1. The van der Waals surface area contributed by atoms with Crippen molar-refractivity contribution in [3.8, 4) is 0 Å². The molecule has 8 heteroatoms. The smallest absolute Gasteiger partial charge is 0.261 e. The summed E-state index contributed by atoms with van der Waals surface area (Å²) in [5.41, 5.74) is -1.13. The fourth-order valence-corrected chi connectivity index (χ4v) is 10.2. The Morgan fingerprint density at radius 3 is 2.00 bits per heavy atom. The Kier molecular flexibility index (Phi) is 7.31. The third-order valence-corrected chi connectivity index (χ3v) is 12.0. The molecule has 35 heavy (non-hydrogen) atoms.